The maximum Gasteiger partial charge on any atom is 0.319 e. The summed E-state index contributed by atoms with van der Waals surface area (Å²) in [4.78, 5) is 11.8. The van der Waals surface area contributed by atoms with E-state index in [9.17, 15) is 9.90 Å². The number of aliphatic hydroxyl groups is 1. The molecule has 2 aromatic rings. The fourth-order valence-electron chi connectivity index (χ4n) is 1.67. The van der Waals surface area contributed by atoms with E-state index in [0.29, 0.717) is 10.7 Å². The van der Waals surface area contributed by atoms with Gasteiger partial charge in [-0.25, -0.2) is 4.79 Å². The maximum atomic E-state index is 11.8. The second-order valence-electron chi connectivity index (χ2n) is 4.39. The molecule has 0 aliphatic carbocycles. The molecule has 0 saturated carbocycles. The van der Waals surface area contributed by atoms with Crippen LogP contribution in [0.15, 0.2) is 35.0 Å². The highest BCUT2D eigenvalue weighted by atomic mass is 35.5. The van der Waals surface area contributed by atoms with Crippen LogP contribution in [0.3, 0.4) is 0 Å². The van der Waals surface area contributed by atoms with Gasteiger partial charge in [-0.1, -0.05) is 17.7 Å². The van der Waals surface area contributed by atoms with E-state index < -0.39 is 12.1 Å². The third-order valence-electron chi connectivity index (χ3n) is 2.75. The zero-order valence-electron chi connectivity index (χ0n) is 10.9. The van der Waals surface area contributed by atoms with E-state index in [4.69, 9.17) is 11.6 Å². The van der Waals surface area contributed by atoms with Gasteiger partial charge in [-0.3, -0.25) is 0 Å². The molecule has 0 spiro atoms. The molecule has 2 rings (SSSR count). The molecule has 1 atom stereocenters. The van der Waals surface area contributed by atoms with Crippen LogP contribution >= 0.6 is 22.9 Å². The normalized spacial score (nSPS) is 11.9. The van der Waals surface area contributed by atoms with Crippen LogP contribution in [0.1, 0.15) is 17.2 Å². The number of benzene rings is 1. The van der Waals surface area contributed by atoms with Crippen molar-refractivity contribution in [3.05, 3.63) is 51.2 Å². The van der Waals surface area contributed by atoms with E-state index >= 15 is 0 Å². The van der Waals surface area contributed by atoms with E-state index in [1.54, 1.807) is 12.1 Å². The molecule has 0 radical (unpaired) electrons. The van der Waals surface area contributed by atoms with Crippen molar-refractivity contribution in [2.24, 2.45) is 0 Å². The molecule has 0 aliphatic heterocycles. The Kier molecular flexibility index (Phi) is 5.00. The molecule has 1 aromatic heterocycles. The number of carbonyl (C=O) groups excluding carboxylic acids is 1. The standard InChI is InChI=1S/C14H15ClN2O2S/c1-9-2-3-11(15)12(6-9)17-14(19)16-7-13(18)10-4-5-20-8-10/h2-6,8,13,18H,7H2,1H3,(H2,16,17,19). The molecular weight excluding hydrogens is 296 g/mol. The Hall–Kier alpha value is -1.56. The van der Waals surface area contributed by atoms with E-state index in [2.05, 4.69) is 10.6 Å². The summed E-state index contributed by atoms with van der Waals surface area (Å²) in [6.07, 6.45) is -0.708. The molecule has 1 unspecified atom stereocenters. The van der Waals surface area contributed by atoms with Crippen molar-refractivity contribution in [3.63, 3.8) is 0 Å². The fourth-order valence-corrected chi connectivity index (χ4v) is 2.55. The first kappa shape index (κ1) is 14.8. The van der Waals surface area contributed by atoms with E-state index in [0.717, 1.165) is 11.1 Å². The quantitative estimate of drug-likeness (QED) is 0.808. The number of aliphatic hydroxyl groups excluding tert-OH is 1. The Morgan fingerprint density at radius 1 is 1.45 bits per heavy atom. The number of nitrogens with one attached hydrogen (secondary N) is 2. The Labute approximate surface area is 126 Å². The van der Waals surface area contributed by atoms with Crippen LogP contribution in [-0.2, 0) is 0 Å². The number of urea groups is 1. The van der Waals surface area contributed by atoms with Crippen LogP contribution in [0.2, 0.25) is 5.02 Å². The largest absolute Gasteiger partial charge is 0.387 e. The zero-order valence-corrected chi connectivity index (χ0v) is 12.5. The lowest BCUT2D eigenvalue weighted by atomic mass is 10.2. The summed E-state index contributed by atoms with van der Waals surface area (Å²) in [5.41, 5.74) is 2.35. The molecule has 4 nitrogen and oxygen atoms in total. The lowest BCUT2D eigenvalue weighted by Crippen LogP contribution is -2.32. The third kappa shape index (κ3) is 3.96. The number of aryl methyl sites for hydroxylation is 1. The van der Waals surface area contributed by atoms with Crippen LogP contribution in [0.25, 0.3) is 0 Å². The average molecular weight is 311 g/mol. The summed E-state index contributed by atoms with van der Waals surface area (Å²) < 4.78 is 0. The van der Waals surface area contributed by atoms with Crippen LogP contribution < -0.4 is 10.6 Å². The average Bonchev–Trinajstić information content (AvgIpc) is 2.94. The lowest BCUT2D eigenvalue weighted by molar-refractivity contribution is 0.175. The molecule has 0 fully saturated rings. The molecule has 0 saturated heterocycles. The van der Waals surface area contributed by atoms with Crippen molar-refractivity contribution < 1.29 is 9.90 Å². The summed E-state index contributed by atoms with van der Waals surface area (Å²) in [5, 5.41) is 19.3. The summed E-state index contributed by atoms with van der Waals surface area (Å²) in [6, 6.07) is 6.81. The van der Waals surface area contributed by atoms with E-state index in [1.165, 1.54) is 11.3 Å². The smallest absolute Gasteiger partial charge is 0.319 e. The SMILES string of the molecule is Cc1ccc(Cl)c(NC(=O)NCC(O)c2ccsc2)c1. The van der Waals surface area contributed by atoms with Gasteiger partial charge in [0.25, 0.3) is 0 Å². The maximum absolute atomic E-state index is 11.8. The highest BCUT2D eigenvalue weighted by molar-refractivity contribution is 7.07. The predicted molar refractivity (Wildman–Crippen MR) is 82.5 cm³/mol. The fraction of sp³-hybridized carbons (Fsp3) is 0.214. The lowest BCUT2D eigenvalue weighted by Gasteiger charge is -2.12. The van der Waals surface area contributed by atoms with Gasteiger partial charge in [-0.15, -0.1) is 0 Å². The van der Waals surface area contributed by atoms with Crippen molar-refractivity contribution in [1.29, 1.82) is 0 Å². The highest BCUT2D eigenvalue weighted by Gasteiger charge is 2.10. The Balaban J connectivity index is 1.88. The Bertz CT molecular complexity index is 587. The first-order valence-electron chi connectivity index (χ1n) is 6.07. The van der Waals surface area contributed by atoms with Crippen molar-refractivity contribution >= 4 is 34.7 Å². The van der Waals surface area contributed by atoms with Crippen LogP contribution in [0.4, 0.5) is 10.5 Å². The molecule has 6 heteroatoms. The van der Waals surface area contributed by atoms with Gasteiger partial charge in [-0.2, -0.15) is 11.3 Å². The summed E-state index contributed by atoms with van der Waals surface area (Å²) in [6.45, 7) is 2.06. The van der Waals surface area contributed by atoms with Crippen molar-refractivity contribution in [1.82, 2.24) is 5.32 Å². The van der Waals surface area contributed by atoms with Crippen LogP contribution in [0, 0.1) is 6.92 Å². The van der Waals surface area contributed by atoms with Gasteiger partial charge in [0.1, 0.15) is 0 Å². The number of hydrogen-bond acceptors (Lipinski definition) is 3. The second kappa shape index (κ2) is 6.74. The molecule has 20 heavy (non-hydrogen) atoms. The minimum Gasteiger partial charge on any atom is -0.387 e. The zero-order chi connectivity index (χ0) is 14.5. The molecule has 106 valence electrons. The van der Waals surface area contributed by atoms with Gasteiger partial charge in [-0.05, 0) is 47.0 Å². The van der Waals surface area contributed by atoms with Gasteiger partial charge < -0.3 is 15.7 Å². The Morgan fingerprint density at radius 2 is 2.25 bits per heavy atom. The monoisotopic (exact) mass is 310 g/mol. The number of anilines is 1. The first-order chi connectivity index (χ1) is 9.56. The van der Waals surface area contributed by atoms with Gasteiger partial charge in [0.05, 0.1) is 16.8 Å². The predicted octanol–water partition coefficient (Wildman–Crippen LogP) is 3.57. The van der Waals surface area contributed by atoms with Gasteiger partial charge in [0, 0.05) is 6.54 Å². The number of hydrogen-bond donors (Lipinski definition) is 3. The molecule has 1 aromatic carbocycles. The molecule has 0 bridgehead atoms. The number of carbonyl (C=O) groups is 1. The number of amides is 2. The molecule has 1 heterocycles. The molecule has 2 amide bonds. The topological polar surface area (TPSA) is 61.4 Å². The Morgan fingerprint density at radius 3 is 2.95 bits per heavy atom. The number of thiophene rings is 1. The minimum atomic E-state index is -0.708. The van der Waals surface area contributed by atoms with Gasteiger partial charge in [0.2, 0.25) is 0 Å². The summed E-state index contributed by atoms with van der Waals surface area (Å²) >= 11 is 7.50. The number of rotatable bonds is 4. The summed E-state index contributed by atoms with van der Waals surface area (Å²) in [7, 11) is 0. The van der Waals surface area contributed by atoms with Gasteiger partial charge >= 0.3 is 6.03 Å². The molecular formula is C14H15ClN2O2S. The molecule has 0 aliphatic rings. The number of halogens is 1. The van der Waals surface area contributed by atoms with Gasteiger partial charge in [0.15, 0.2) is 0 Å². The van der Waals surface area contributed by atoms with Crippen molar-refractivity contribution in [2.75, 3.05) is 11.9 Å². The van der Waals surface area contributed by atoms with E-state index in [1.807, 2.05) is 29.8 Å². The van der Waals surface area contributed by atoms with Crippen LogP contribution in [0.5, 0.6) is 0 Å². The second-order valence-corrected chi connectivity index (χ2v) is 5.58. The van der Waals surface area contributed by atoms with Crippen molar-refractivity contribution in [2.45, 2.75) is 13.0 Å². The summed E-state index contributed by atoms with van der Waals surface area (Å²) in [5.74, 6) is 0. The first-order valence-corrected chi connectivity index (χ1v) is 7.39. The molecule has 3 N–H and O–H groups in total. The third-order valence-corrected chi connectivity index (χ3v) is 3.79. The van der Waals surface area contributed by atoms with Crippen LogP contribution in [-0.4, -0.2) is 17.7 Å². The minimum absolute atomic E-state index is 0.145. The highest BCUT2D eigenvalue weighted by Crippen LogP contribution is 2.22. The van der Waals surface area contributed by atoms with Crippen molar-refractivity contribution in [3.8, 4) is 0 Å². The van der Waals surface area contributed by atoms with E-state index in [-0.39, 0.29) is 6.54 Å².